The van der Waals surface area contributed by atoms with Crippen LogP contribution in [0.2, 0.25) is 0 Å². The van der Waals surface area contributed by atoms with Gasteiger partial charge in [-0.15, -0.1) is 0 Å². The molecule has 1 atom stereocenters. The maximum absolute atomic E-state index is 12.5. The van der Waals surface area contributed by atoms with E-state index in [0.29, 0.717) is 24.5 Å². The summed E-state index contributed by atoms with van der Waals surface area (Å²) >= 11 is 0. The zero-order chi connectivity index (χ0) is 20.2. The van der Waals surface area contributed by atoms with E-state index in [2.05, 4.69) is 10.6 Å². The molecule has 8 nitrogen and oxygen atoms in total. The average molecular weight is 395 g/mol. The van der Waals surface area contributed by atoms with Crippen LogP contribution in [0.4, 0.5) is 4.79 Å². The Morgan fingerprint density at radius 3 is 2.69 bits per heavy atom. The molecule has 1 fully saturated rings. The molecule has 0 unspecified atom stereocenters. The Balaban J connectivity index is 1.27. The smallest absolute Gasteiger partial charge is 0.324 e. The number of hydrogen-bond acceptors (Lipinski definition) is 5. The number of carbonyl (C=O) groups excluding carboxylic acids is 3. The van der Waals surface area contributed by atoms with Gasteiger partial charge in [-0.2, -0.15) is 0 Å². The second-order valence-electron chi connectivity index (χ2n) is 6.90. The van der Waals surface area contributed by atoms with Crippen LogP contribution in [0, 0.1) is 0 Å². The van der Waals surface area contributed by atoms with E-state index < -0.39 is 12.1 Å². The van der Waals surface area contributed by atoms with E-state index in [1.807, 2.05) is 36.4 Å². The topological polar surface area (TPSA) is 97.0 Å². The van der Waals surface area contributed by atoms with Crippen LogP contribution in [0.1, 0.15) is 17.5 Å². The van der Waals surface area contributed by atoms with Crippen molar-refractivity contribution >= 4 is 17.8 Å². The summed E-state index contributed by atoms with van der Waals surface area (Å²) < 4.78 is 10.6. The van der Waals surface area contributed by atoms with Crippen molar-refractivity contribution in [2.75, 3.05) is 13.3 Å². The molecule has 0 aromatic heterocycles. The Hall–Kier alpha value is -3.55. The summed E-state index contributed by atoms with van der Waals surface area (Å²) in [5.74, 6) is 0.634. The summed E-state index contributed by atoms with van der Waals surface area (Å²) in [6.07, 6.45) is 0.472. The van der Waals surface area contributed by atoms with Gasteiger partial charge in [-0.3, -0.25) is 14.5 Å². The number of rotatable bonds is 7. The Labute approximate surface area is 167 Å². The minimum absolute atomic E-state index is 0.100. The largest absolute Gasteiger partial charge is 0.454 e. The predicted octanol–water partition coefficient (Wildman–Crippen LogP) is 1.58. The van der Waals surface area contributed by atoms with Gasteiger partial charge in [0, 0.05) is 13.1 Å². The molecule has 0 spiro atoms. The van der Waals surface area contributed by atoms with Crippen molar-refractivity contribution in [3.63, 3.8) is 0 Å². The molecule has 2 heterocycles. The SMILES string of the molecule is O=C(C[C@@H]1NC(=O)N(CCc2ccccc2)C1=O)NCc1ccc2c(c1)OCO2. The number of fused-ring (bicyclic) bond motifs is 1. The highest BCUT2D eigenvalue weighted by atomic mass is 16.7. The highest BCUT2D eigenvalue weighted by molar-refractivity contribution is 6.05. The molecule has 29 heavy (non-hydrogen) atoms. The van der Waals surface area contributed by atoms with Crippen molar-refractivity contribution in [1.29, 1.82) is 0 Å². The molecule has 2 aliphatic rings. The molecule has 4 rings (SSSR count). The lowest BCUT2D eigenvalue weighted by Crippen LogP contribution is -2.36. The zero-order valence-electron chi connectivity index (χ0n) is 15.7. The molecule has 0 saturated carbocycles. The van der Waals surface area contributed by atoms with Crippen LogP contribution in [-0.4, -0.2) is 42.1 Å². The number of ether oxygens (including phenoxy) is 2. The Morgan fingerprint density at radius 1 is 1.07 bits per heavy atom. The number of urea groups is 1. The van der Waals surface area contributed by atoms with Crippen LogP contribution >= 0.6 is 0 Å². The highest BCUT2D eigenvalue weighted by Crippen LogP contribution is 2.32. The Kier molecular flexibility index (Phi) is 5.33. The third-order valence-electron chi connectivity index (χ3n) is 4.89. The second kappa shape index (κ2) is 8.22. The quantitative estimate of drug-likeness (QED) is 0.694. The highest BCUT2D eigenvalue weighted by Gasteiger charge is 2.38. The third-order valence-corrected chi connectivity index (χ3v) is 4.89. The fourth-order valence-corrected chi connectivity index (χ4v) is 3.32. The second-order valence-corrected chi connectivity index (χ2v) is 6.90. The molecular weight excluding hydrogens is 374 g/mol. The molecule has 2 aromatic rings. The summed E-state index contributed by atoms with van der Waals surface area (Å²) in [5.41, 5.74) is 1.90. The first-order valence-electron chi connectivity index (χ1n) is 9.41. The lowest BCUT2D eigenvalue weighted by Gasteiger charge is -2.13. The molecule has 1 saturated heterocycles. The van der Waals surface area contributed by atoms with Crippen molar-refractivity contribution in [2.24, 2.45) is 0 Å². The lowest BCUT2D eigenvalue weighted by molar-refractivity contribution is -0.130. The number of benzene rings is 2. The first kappa shape index (κ1) is 18.8. The van der Waals surface area contributed by atoms with Gasteiger partial charge in [-0.25, -0.2) is 4.79 Å². The minimum Gasteiger partial charge on any atom is -0.454 e. The molecule has 2 aliphatic heterocycles. The van der Waals surface area contributed by atoms with Crippen LogP contribution in [0.5, 0.6) is 11.5 Å². The van der Waals surface area contributed by atoms with E-state index in [9.17, 15) is 14.4 Å². The van der Waals surface area contributed by atoms with Gasteiger partial charge in [0.05, 0.1) is 6.42 Å². The van der Waals surface area contributed by atoms with Gasteiger partial charge in [-0.05, 0) is 29.7 Å². The van der Waals surface area contributed by atoms with Gasteiger partial charge < -0.3 is 20.1 Å². The van der Waals surface area contributed by atoms with Gasteiger partial charge >= 0.3 is 6.03 Å². The van der Waals surface area contributed by atoms with Gasteiger partial charge in [0.15, 0.2) is 11.5 Å². The standard InChI is InChI=1S/C21H21N3O5/c25-19(22-12-15-6-7-17-18(10-15)29-13-28-17)11-16-20(26)24(21(27)23-16)9-8-14-4-2-1-3-5-14/h1-7,10,16H,8-9,11-13H2,(H,22,25)(H,23,27)/t16-/m0/s1. The molecule has 0 aliphatic carbocycles. The third kappa shape index (κ3) is 4.31. The van der Waals surface area contributed by atoms with E-state index in [-0.39, 0.29) is 31.6 Å². The number of carbonyl (C=O) groups is 3. The molecular formula is C21H21N3O5. The molecule has 8 heteroatoms. The van der Waals surface area contributed by atoms with Crippen molar-refractivity contribution in [1.82, 2.24) is 15.5 Å². The molecule has 0 bridgehead atoms. The van der Waals surface area contributed by atoms with Gasteiger partial charge in [-0.1, -0.05) is 36.4 Å². The van der Waals surface area contributed by atoms with Crippen LogP contribution in [-0.2, 0) is 22.6 Å². The number of amides is 4. The van der Waals surface area contributed by atoms with Crippen molar-refractivity contribution in [2.45, 2.75) is 25.4 Å². The van der Waals surface area contributed by atoms with E-state index in [0.717, 1.165) is 11.1 Å². The number of nitrogens with one attached hydrogen (secondary N) is 2. The van der Waals surface area contributed by atoms with Gasteiger partial charge in [0.2, 0.25) is 12.7 Å². The van der Waals surface area contributed by atoms with Crippen LogP contribution in [0.3, 0.4) is 0 Å². The van der Waals surface area contributed by atoms with Crippen LogP contribution in [0.25, 0.3) is 0 Å². The summed E-state index contributed by atoms with van der Waals surface area (Å²) in [7, 11) is 0. The van der Waals surface area contributed by atoms with E-state index >= 15 is 0 Å². The summed E-state index contributed by atoms with van der Waals surface area (Å²) in [6.45, 7) is 0.765. The molecule has 150 valence electrons. The molecule has 2 N–H and O–H groups in total. The molecule has 2 aromatic carbocycles. The van der Waals surface area contributed by atoms with E-state index in [1.54, 1.807) is 12.1 Å². The van der Waals surface area contributed by atoms with Crippen molar-refractivity contribution in [3.05, 3.63) is 59.7 Å². The normalized spacial score (nSPS) is 17.4. The minimum atomic E-state index is -0.838. The number of nitrogens with zero attached hydrogens (tertiary/aromatic N) is 1. The zero-order valence-corrected chi connectivity index (χ0v) is 15.7. The maximum Gasteiger partial charge on any atom is 0.324 e. The lowest BCUT2D eigenvalue weighted by atomic mass is 10.1. The summed E-state index contributed by atoms with van der Waals surface area (Å²) in [4.78, 5) is 38.1. The van der Waals surface area contributed by atoms with Crippen molar-refractivity contribution < 1.29 is 23.9 Å². The summed E-state index contributed by atoms with van der Waals surface area (Å²) in [5, 5.41) is 5.36. The monoisotopic (exact) mass is 395 g/mol. The molecule has 0 radical (unpaired) electrons. The van der Waals surface area contributed by atoms with Crippen LogP contribution in [0.15, 0.2) is 48.5 Å². The fraction of sp³-hybridized carbons (Fsp3) is 0.286. The first-order valence-corrected chi connectivity index (χ1v) is 9.41. The fourth-order valence-electron chi connectivity index (χ4n) is 3.32. The molecule has 4 amide bonds. The van der Waals surface area contributed by atoms with Crippen LogP contribution < -0.4 is 20.1 Å². The van der Waals surface area contributed by atoms with Gasteiger partial charge in [0.1, 0.15) is 6.04 Å². The Morgan fingerprint density at radius 2 is 1.86 bits per heavy atom. The predicted molar refractivity (Wildman–Crippen MR) is 103 cm³/mol. The maximum atomic E-state index is 12.5. The van der Waals surface area contributed by atoms with Crippen molar-refractivity contribution in [3.8, 4) is 11.5 Å². The van der Waals surface area contributed by atoms with E-state index in [1.165, 1.54) is 4.90 Å². The van der Waals surface area contributed by atoms with Gasteiger partial charge in [0.25, 0.3) is 5.91 Å². The summed E-state index contributed by atoms with van der Waals surface area (Å²) in [6, 6.07) is 13.7. The van der Waals surface area contributed by atoms with E-state index in [4.69, 9.17) is 9.47 Å². The number of imide groups is 1. The number of hydrogen-bond donors (Lipinski definition) is 2. The first-order chi connectivity index (χ1) is 14.1. The Bertz CT molecular complexity index is 931. The average Bonchev–Trinajstić information content (AvgIpc) is 3.30.